The number of anilines is 1. The number of carbonyl (C=O) groups is 3. The standard InChI is InChI=1S/C27H31N7O5S/c1-16(2)21-22(35)20(26(37)38)14-34(27-31-23(32-40-27)17-6-8-28-9-7-17)24(21)30-15-33-12-18(13-33)25(36)29-11-19-5-3-4-10-39-19/h6-9,14,18-19H,3-5,10-13,15H2,1-2H3,(H,29,36)(H,37,38)/b30-24+. The summed E-state index contributed by atoms with van der Waals surface area (Å²) in [5.74, 6) is -1.31. The van der Waals surface area contributed by atoms with E-state index >= 15 is 0 Å². The van der Waals surface area contributed by atoms with Gasteiger partial charge < -0.3 is 15.2 Å². The van der Waals surface area contributed by atoms with Crippen LogP contribution in [0.2, 0.25) is 0 Å². The van der Waals surface area contributed by atoms with E-state index in [2.05, 4.69) is 19.7 Å². The van der Waals surface area contributed by atoms with Gasteiger partial charge in [-0.1, -0.05) is 5.57 Å². The zero-order valence-electron chi connectivity index (χ0n) is 22.4. The summed E-state index contributed by atoms with van der Waals surface area (Å²) in [6.45, 7) is 6.07. The summed E-state index contributed by atoms with van der Waals surface area (Å²) in [6, 6.07) is 3.55. The molecular weight excluding hydrogens is 534 g/mol. The van der Waals surface area contributed by atoms with Gasteiger partial charge in [-0.05, 0) is 45.2 Å². The first-order valence-electron chi connectivity index (χ1n) is 13.2. The molecule has 0 bridgehead atoms. The van der Waals surface area contributed by atoms with Gasteiger partial charge in [0.2, 0.25) is 16.8 Å². The molecule has 5 rings (SSSR count). The molecule has 210 valence electrons. The van der Waals surface area contributed by atoms with Gasteiger partial charge in [-0.3, -0.25) is 29.4 Å². The van der Waals surface area contributed by atoms with Crippen LogP contribution < -0.4 is 10.2 Å². The van der Waals surface area contributed by atoms with Crippen LogP contribution in [0.5, 0.6) is 0 Å². The van der Waals surface area contributed by atoms with Crippen molar-refractivity contribution < 1.29 is 24.2 Å². The van der Waals surface area contributed by atoms with Crippen LogP contribution in [0.25, 0.3) is 11.4 Å². The number of nitrogens with zero attached hydrogens (tertiary/aromatic N) is 6. The Kier molecular flexibility index (Phi) is 8.43. The Labute approximate surface area is 235 Å². The number of likely N-dealkylation sites (tertiary alicyclic amines) is 1. The van der Waals surface area contributed by atoms with E-state index < -0.39 is 11.8 Å². The van der Waals surface area contributed by atoms with Gasteiger partial charge in [0.25, 0.3) is 0 Å². The van der Waals surface area contributed by atoms with Gasteiger partial charge in [-0.2, -0.15) is 9.36 Å². The predicted octanol–water partition coefficient (Wildman–Crippen LogP) is 2.27. The number of Topliss-reactive ketones (excluding diaryl/α,β-unsaturated/α-hetero) is 1. The fourth-order valence-corrected chi connectivity index (χ4v) is 5.46. The van der Waals surface area contributed by atoms with E-state index in [0.717, 1.165) is 43.0 Å². The molecule has 0 aromatic carbocycles. The molecule has 13 heteroatoms. The molecule has 12 nitrogen and oxygen atoms in total. The van der Waals surface area contributed by atoms with E-state index in [1.807, 2.05) is 4.90 Å². The summed E-state index contributed by atoms with van der Waals surface area (Å²) >= 11 is 1.07. The molecule has 1 amide bonds. The third-order valence-corrected chi connectivity index (χ3v) is 7.71. The van der Waals surface area contributed by atoms with Crippen molar-refractivity contribution in [2.75, 3.05) is 37.8 Å². The molecule has 1 unspecified atom stereocenters. The zero-order chi connectivity index (χ0) is 28.2. The first kappa shape index (κ1) is 27.7. The highest BCUT2D eigenvalue weighted by Gasteiger charge is 2.37. The lowest BCUT2D eigenvalue weighted by molar-refractivity contribution is -0.134. The van der Waals surface area contributed by atoms with Crippen molar-refractivity contribution >= 4 is 40.2 Å². The highest BCUT2D eigenvalue weighted by molar-refractivity contribution is 7.10. The summed E-state index contributed by atoms with van der Waals surface area (Å²) < 4.78 is 10.1. The lowest BCUT2D eigenvalue weighted by Gasteiger charge is -2.38. The highest BCUT2D eigenvalue weighted by atomic mass is 32.1. The summed E-state index contributed by atoms with van der Waals surface area (Å²) in [7, 11) is 0. The summed E-state index contributed by atoms with van der Waals surface area (Å²) in [5.41, 5.74) is 1.22. The Morgan fingerprint density at radius 2 is 2.00 bits per heavy atom. The van der Waals surface area contributed by atoms with E-state index in [4.69, 9.17) is 9.73 Å². The van der Waals surface area contributed by atoms with Crippen LogP contribution in [-0.4, -0.2) is 86.9 Å². The van der Waals surface area contributed by atoms with E-state index in [9.17, 15) is 19.5 Å². The summed E-state index contributed by atoms with van der Waals surface area (Å²) in [6.07, 6.45) is 7.77. The van der Waals surface area contributed by atoms with Crippen molar-refractivity contribution in [2.45, 2.75) is 39.2 Å². The van der Waals surface area contributed by atoms with Crippen LogP contribution in [0, 0.1) is 5.92 Å². The van der Waals surface area contributed by atoms with E-state index in [1.165, 1.54) is 11.1 Å². The summed E-state index contributed by atoms with van der Waals surface area (Å²) in [5, 5.41) is 13.1. The van der Waals surface area contributed by atoms with Crippen molar-refractivity contribution in [1.29, 1.82) is 0 Å². The first-order chi connectivity index (χ1) is 19.3. The van der Waals surface area contributed by atoms with Crippen molar-refractivity contribution in [1.82, 2.24) is 24.6 Å². The van der Waals surface area contributed by atoms with E-state index in [-0.39, 0.29) is 35.7 Å². The van der Waals surface area contributed by atoms with Crippen LogP contribution >= 0.6 is 11.5 Å². The second kappa shape index (κ2) is 12.1. The number of carbonyl (C=O) groups excluding carboxylic acids is 2. The Hall–Kier alpha value is -3.81. The monoisotopic (exact) mass is 565 g/mol. The normalized spacial score (nSPS) is 21.2. The first-order valence-corrected chi connectivity index (χ1v) is 14.0. The molecule has 0 spiro atoms. The predicted molar refractivity (Wildman–Crippen MR) is 149 cm³/mol. The quantitative estimate of drug-likeness (QED) is 0.360. The molecular formula is C27H31N7O5S. The Balaban J connectivity index is 1.33. The average Bonchev–Trinajstić information content (AvgIpc) is 3.42. The van der Waals surface area contributed by atoms with Gasteiger partial charge >= 0.3 is 5.97 Å². The lowest BCUT2D eigenvalue weighted by Crippen LogP contribution is -2.54. The highest BCUT2D eigenvalue weighted by Crippen LogP contribution is 2.31. The number of amidine groups is 1. The fourth-order valence-electron chi connectivity index (χ4n) is 4.79. The lowest BCUT2D eigenvalue weighted by atomic mass is 9.95. The van der Waals surface area contributed by atoms with Gasteiger partial charge in [0, 0.05) is 61.9 Å². The number of ketones is 1. The topological polar surface area (TPSA) is 150 Å². The van der Waals surface area contributed by atoms with Gasteiger partial charge in [0.05, 0.1) is 24.3 Å². The third kappa shape index (κ3) is 6.01. The maximum absolute atomic E-state index is 13.2. The number of carboxylic acid groups (broad SMARTS) is 1. The van der Waals surface area contributed by atoms with Gasteiger partial charge in [-0.25, -0.2) is 4.79 Å². The number of aliphatic imine (C=N–C) groups is 1. The van der Waals surface area contributed by atoms with E-state index in [1.54, 1.807) is 38.4 Å². The molecule has 40 heavy (non-hydrogen) atoms. The van der Waals surface area contributed by atoms with Gasteiger partial charge in [-0.15, -0.1) is 0 Å². The number of ether oxygens (including phenoxy) is 1. The SMILES string of the molecule is CC(C)=C1C(=O)C(C(=O)O)=CN(c2nc(-c3ccncc3)ns2)/C1=N/CN1CC(C(=O)NCC2CCCCO2)C1. The maximum atomic E-state index is 13.2. The van der Waals surface area contributed by atoms with Crippen LogP contribution in [-0.2, 0) is 19.1 Å². The molecule has 2 N–H and O–H groups in total. The Morgan fingerprint density at radius 3 is 2.67 bits per heavy atom. The van der Waals surface area contributed by atoms with Crippen molar-refractivity contribution in [3.8, 4) is 11.4 Å². The number of carboxylic acids is 1. The maximum Gasteiger partial charge on any atom is 0.341 e. The molecule has 5 heterocycles. The number of aromatic nitrogens is 3. The number of allylic oxidation sites excluding steroid dienone is 1. The minimum Gasteiger partial charge on any atom is -0.477 e. The van der Waals surface area contributed by atoms with Crippen molar-refractivity contribution in [3.63, 3.8) is 0 Å². The van der Waals surface area contributed by atoms with Crippen LogP contribution in [0.1, 0.15) is 33.1 Å². The molecule has 0 aliphatic carbocycles. The number of hydrogen-bond acceptors (Lipinski definition) is 10. The molecule has 2 aromatic heterocycles. The third-order valence-electron chi connectivity index (χ3n) is 7.00. The molecule has 2 saturated heterocycles. The molecule has 3 aliphatic rings. The van der Waals surface area contributed by atoms with Crippen LogP contribution in [0.15, 0.2) is 52.4 Å². The largest absolute Gasteiger partial charge is 0.477 e. The Bertz CT molecular complexity index is 1370. The molecule has 0 radical (unpaired) electrons. The van der Waals surface area contributed by atoms with Crippen LogP contribution in [0.4, 0.5) is 5.13 Å². The average molecular weight is 566 g/mol. The summed E-state index contributed by atoms with van der Waals surface area (Å²) in [4.78, 5) is 54.6. The number of amides is 1. The second-order valence-electron chi connectivity index (χ2n) is 10.1. The van der Waals surface area contributed by atoms with Crippen molar-refractivity contribution in [2.24, 2.45) is 10.9 Å². The van der Waals surface area contributed by atoms with E-state index in [0.29, 0.717) is 42.0 Å². The number of rotatable bonds is 8. The number of nitrogens with one attached hydrogen (secondary N) is 1. The zero-order valence-corrected chi connectivity index (χ0v) is 23.2. The van der Waals surface area contributed by atoms with Gasteiger partial charge in [0.1, 0.15) is 11.4 Å². The van der Waals surface area contributed by atoms with Gasteiger partial charge in [0.15, 0.2) is 5.82 Å². The molecule has 2 aromatic rings. The molecule has 2 fully saturated rings. The molecule has 3 aliphatic heterocycles. The molecule has 1 atom stereocenters. The van der Waals surface area contributed by atoms with Crippen LogP contribution in [0.3, 0.4) is 0 Å². The number of pyridine rings is 1. The number of hydrogen-bond donors (Lipinski definition) is 2. The number of aliphatic carboxylic acids is 1. The minimum absolute atomic E-state index is 0.00377. The van der Waals surface area contributed by atoms with Crippen molar-refractivity contribution in [3.05, 3.63) is 47.4 Å². The smallest absolute Gasteiger partial charge is 0.341 e. The molecule has 0 saturated carbocycles. The minimum atomic E-state index is -1.33. The second-order valence-corrected chi connectivity index (χ2v) is 10.9. The Morgan fingerprint density at radius 1 is 1.23 bits per heavy atom. The fraction of sp³-hybridized carbons (Fsp3) is 0.444.